The molecule has 0 spiro atoms. The maximum atomic E-state index is 6.05. The van der Waals surface area contributed by atoms with Crippen LogP contribution in [0.1, 0.15) is 31.9 Å². The molecule has 0 aliphatic heterocycles. The van der Waals surface area contributed by atoms with Crippen molar-refractivity contribution in [2.45, 2.75) is 26.2 Å². The number of allylic oxidation sites excluding steroid dienone is 1. The molecule has 1 aromatic rings. The average molecular weight is 173 g/mol. The highest BCUT2D eigenvalue weighted by atomic mass is 14.6. The molecule has 0 unspecified atom stereocenters. The van der Waals surface area contributed by atoms with E-state index < -0.39 is 0 Å². The number of fused-ring (bicyclic) bond motifs is 1. The van der Waals surface area contributed by atoms with Gasteiger partial charge in [-0.15, -0.1) is 0 Å². The summed E-state index contributed by atoms with van der Waals surface area (Å²) in [6.07, 6.45) is 0. The Hall–Kier alpha value is -1.24. The topological polar surface area (TPSA) is 26.0 Å². The van der Waals surface area contributed by atoms with Crippen LogP contribution in [0.2, 0.25) is 0 Å². The summed E-state index contributed by atoms with van der Waals surface area (Å²) < 4.78 is 0. The summed E-state index contributed by atoms with van der Waals surface area (Å²) in [5.74, 6) is 0. The second kappa shape index (κ2) is 2.38. The van der Waals surface area contributed by atoms with Gasteiger partial charge in [-0.2, -0.15) is 0 Å². The Bertz CT molecular complexity index is 386. The molecule has 0 atom stereocenters. The normalized spacial score (nSPS) is 19.0. The minimum atomic E-state index is 0.112. The summed E-state index contributed by atoms with van der Waals surface area (Å²) in [6, 6.07) is 8.38. The monoisotopic (exact) mass is 173 g/mol. The van der Waals surface area contributed by atoms with Crippen molar-refractivity contribution in [2.24, 2.45) is 5.73 Å². The maximum Gasteiger partial charge on any atom is 0.0388 e. The molecule has 68 valence electrons. The third-order valence-corrected chi connectivity index (χ3v) is 3.23. The fourth-order valence-corrected chi connectivity index (χ4v) is 2.00. The summed E-state index contributed by atoms with van der Waals surface area (Å²) in [5, 5.41) is 0. The standard InChI is InChI=1S/C12H15N/c1-8-11(13)9-6-4-5-7-10(9)12(8,2)3/h4-7H,13H2,1-3H3. The third kappa shape index (κ3) is 0.932. The summed E-state index contributed by atoms with van der Waals surface area (Å²) in [7, 11) is 0. The van der Waals surface area contributed by atoms with Gasteiger partial charge in [-0.1, -0.05) is 38.1 Å². The highest BCUT2D eigenvalue weighted by Gasteiger charge is 2.33. The van der Waals surface area contributed by atoms with Crippen molar-refractivity contribution in [3.05, 3.63) is 41.0 Å². The molecule has 0 saturated carbocycles. The van der Waals surface area contributed by atoms with Crippen molar-refractivity contribution in [2.75, 3.05) is 0 Å². The van der Waals surface area contributed by atoms with Crippen molar-refractivity contribution >= 4 is 5.70 Å². The van der Waals surface area contributed by atoms with E-state index in [9.17, 15) is 0 Å². The quantitative estimate of drug-likeness (QED) is 0.641. The molecule has 0 fully saturated rings. The first-order valence-electron chi connectivity index (χ1n) is 4.62. The van der Waals surface area contributed by atoms with E-state index in [1.807, 2.05) is 6.07 Å². The van der Waals surface area contributed by atoms with E-state index in [-0.39, 0.29) is 5.41 Å². The van der Waals surface area contributed by atoms with Crippen LogP contribution in [-0.4, -0.2) is 0 Å². The number of nitrogens with two attached hydrogens (primary N) is 1. The fraction of sp³-hybridized carbons (Fsp3) is 0.333. The molecule has 1 heteroatoms. The lowest BCUT2D eigenvalue weighted by atomic mass is 9.82. The fourth-order valence-electron chi connectivity index (χ4n) is 2.00. The molecule has 2 rings (SSSR count). The van der Waals surface area contributed by atoms with Crippen molar-refractivity contribution in [1.82, 2.24) is 0 Å². The number of rotatable bonds is 0. The van der Waals surface area contributed by atoms with Crippen molar-refractivity contribution in [1.29, 1.82) is 0 Å². The van der Waals surface area contributed by atoms with Crippen LogP contribution in [-0.2, 0) is 5.41 Å². The molecular formula is C12H15N. The van der Waals surface area contributed by atoms with Gasteiger partial charge in [0, 0.05) is 16.7 Å². The SMILES string of the molecule is CC1=C(N)c2ccccc2C1(C)C. The predicted molar refractivity (Wildman–Crippen MR) is 56.2 cm³/mol. The van der Waals surface area contributed by atoms with Crippen LogP contribution in [0.3, 0.4) is 0 Å². The van der Waals surface area contributed by atoms with Crippen LogP contribution in [0.25, 0.3) is 5.70 Å². The highest BCUT2D eigenvalue weighted by molar-refractivity contribution is 5.77. The minimum absolute atomic E-state index is 0.112. The first-order valence-corrected chi connectivity index (χ1v) is 4.62. The first kappa shape index (κ1) is 8.36. The Labute approximate surface area is 79.3 Å². The molecule has 0 saturated heterocycles. The number of benzene rings is 1. The van der Waals surface area contributed by atoms with Crippen LogP contribution in [0, 0.1) is 0 Å². The van der Waals surface area contributed by atoms with Gasteiger partial charge in [0.25, 0.3) is 0 Å². The summed E-state index contributed by atoms with van der Waals surface area (Å²) in [6.45, 7) is 6.57. The molecule has 2 N–H and O–H groups in total. The Morgan fingerprint density at radius 2 is 1.77 bits per heavy atom. The molecule has 1 aliphatic carbocycles. The van der Waals surface area contributed by atoms with Crippen LogP contribution < -0.4 is 5.73 Å². The lowest BCUT2D eigenvalue weighted by Crippen LogP contribution is -2.15. The molecule has 1 nitrogen and oxygen atoms in total. The highest BCUT2D eigenvalue weighted by Crippen LogP contribution is 2.43. The molecule has 1 aromatic carbocycles. The van der Waals surface area contributed by atoms with E-state index in [0.717, 1.165) is 5.70 Å². The Balaban J connectivity index is 2.74. The van der Waals surface area contributed by atoms with E-state index in [0.29, 0.717) is 0 Å². The van der Waals surface area contributed by atoms with Crippen LogP contribution in [0.15, 0.2) is 29.8 Å². The van der Waals surface area contributed by atoms with Crippen molar-refractivity contribution < 1.29 is 0 Å². The minimum Gasteiger partial charge on any atom is -0.398 e. The van der Waals surface area contributed by atoms with E-state index in [2.05, 4.69) is 39.0 Å². The van der Waals surface area contributed by atoms with Gasteiger partial charge in [0.1, 0.15) is 0 Å². The second-order valence-electron chi connectivity index (χ2n) is 4.21. The van der Waals surface area contributed by atoms with E-state index in [1.54, 1.807) is 0 Å². The van der Waals surface area contributed by atoms with E-state index in [4.69, 9.17) is 5.73 Å². The third-order valence-electron chi connectivity index (χ3n) is 3.23. The van der Waals surface area contributed by atoms with Gasteiger partial charge >= 0.3 is 0 Å². The second-order valence-corrected chi connectivity index (χ2v) is 4.21. The van der Waals surface area contributed by atoms with E-state index in [1.165, 1.54) is 16.7 Å². The number of hydrogen-bond acceptors (Lipinski definition) is 1. The summed E-state index contributed by atoms with van der Waals surface area (Å²) in [5.41, 5.74) is 11.0. The lowest BCUT2D eigenvalue weighted by molar-refractivity contribution is 0.638. The molecule has 0 radical (unpaired) electrons. The number of hydrogen-bond donors (Lipinski definition) is 1. The van der Waals surface area contributed by atoms with Crippen molar-refractivity contribution in [3.63, 3.8) is 0 Å². The van der Waals surface area contributed by atoms with Gasteiger partial charge < -0.3 is 5.73 Å². The van der Waals surface area contributed by atoms with Crippen LogP contribution in [0.5, 0.6) is 0 Å². The van der Waals surface area contributed by atoms with Crippen LogP contribution in [0.4, 0.5) is 0 Å². The predicted octanol–water partition coefficient (Wildman–Crippen LogP) is 2.67. The Morgan fingerprint density at radius 3 is 2.38 bits per heavy atom. The van der Waals surface area contributed by atoms with Gasteiger partial charge in [0.05, 0.1) is 0 Å². The van der Waals surface area contributed by atoms with E-state index >= 15 is 0 Å². The van der Waals surface area contributed by atoms with Gasteiger partial charge in [0.15, 0.2) is 0 Å². The zero-order chi connectivity index (χ0) is 9.64. The molecule has 0 aromatic heterocycles. The largest absolute Gasteiger partial charge is 0.398 e. The van der Waals surface area contributed by atoms with Gasteiger partial charge in [-0.05, 0) is 18.1 Å². The zero-order valence-electron chi connectivity index (χ0n) is 8.39. The summed E-state index contributed by atoms with van der Waals surface area (Å²) in [4.78, 5) is 0. The smallest absolute Gasteiger partial charge is 0.0388 e. The molecule has 1 aliphatic rings. The van der Waals surface area contributed by atoms with Gasteiger partial charge in [-0.3, -0.25) is 0 Å². The first-order chi connectivity index (χ1) is 6.05. The van der Waals surface area contributed by atoms with Gasteiger partial charge in [0.2, 0.25) is 0 Å². The maximum absolute atomic E-state index is 6.05. The molecule has 13 heavy (non-hydrogen) atoms. The molecule has 0 heterocycles. The zero-order valence-corrected chi connectivity index (χ0v) is 8.39. The van der Waals surface area contributed by atoms with Crippen molar-refractivity contribution in [3.8, 4) is 0 Å². The average Bonchev–Trinajstić information content (AvgIpc) is 2.30. The molecule has 0 bridgehead atoms. The Kier molecular flexibility index (Phi) is 1.53. The summed E-state index contributed by atoms with van der Waals surface area (Å²) >= 11 is 0. The van der Waals surface area contributed by atoms with Crippen LogP contribution >= 0.6 is 0 Å². The van der Waals surface area contributed by atoms with Gasteiger partial charge in [-0.25, -0.2) is 0 Å². The molecular weight excluding hydrogens is 158 g/mol. The Morgan fingerprint density at radius 1 is 1.15 bits per heavy atom. The molecule has 0 amide bonds. The lowest BCUT2D eigenvalue weighted by Gasteiger charge is -2.21.